The number of anilines is 1. The van der Waals surface area contributed by atoms with Crippen LogP contribution in [0.5, 0.6) is 0 Å². The lowest BCUT2D eigenvalue weighted by Crippen LogP contribution is -2.49. The van der Waals surface area contributed by atoms with Crippen molar-refractivity contribution in [2.24, 2.45) is 0 Å². The summed E-state index contributed by atoms with van der Waals surface area (Å²) in [6.07, 6.45) is 4.68. The Labute approximate surface area is 157 Å². The minimum atomic E-state index is 0.296. The topological polar surface area (TPSA) is 36.4 Å². The van der Waals surface area contributed by atoms with Crippen LogP contribution >= 0.6 is 15.9 Å². The van der Waals surface area contributed by atoms with E-state index in [-0.39, 0.29) is 0 Å². The van der Waals surface area contributed by atoms with Gasteiger partial charge in [0.2, 0.25) is 5.91 Å². The molecule has 1 unspecified atom stereocenters. The Morgan fingerprint density at radius 1 is 1.12 bits per heavy atom. The number of rotatable bonds is 3. The second kappa shape index (κ2) is 7.16. The molecule has 1 aliphatic heterocycles. The monoisotopic (exact) mass is 399 g/mol. The molecule has 0 radical (unpaired) electrons. The summed E-state index contributed by atoms with van der Waals surface area (Å²) >= 11 is 3.42. The quantitative estimate of drug-likeness (QED) is 0.790. The van der Waals surface area contributed by atoms with Gasteiger partial charge in [-0.05, 0) is 57.9 Å². The summed E-state index contributed by atoms with van der Waals surface area (Å²) in [6.45, 7) is 3.26. The number of piperazine rings is 1. The van der Waals surface area contributed by atoms with Crippen molar-refractivity contribution in [3.05, 3.63) is 58.2 Å². The fourth-order valence-electron chi connectivity index (χ4n) is 3.94. The van der Waals surface area contributed by atoms with E-state index in [2.05, 4.69) is 50.1 Å². The van der Waals surface area contributed by atoms with E-state index in [0.717, 1.165) is 49.3 Å². The second-order valence-corrected chi connectivity index (χ2v) is 7.76. The number of benzene rings is 1. The van der Waals surface area contributed by atoms with Crippen molar-refractivity contribution < 1.29 is 4.79 Å². The number of aryl methyl sites for hydroxylation is 1. The van der Waals surface area contributed by atoms with Crippen LogP contribution in [0.25, 0.3) is 0 Å². The van der Waals surface area contributed by atoms with Gasteiger partial charge in [-0.25, -0.2) is 4.98 Å². The zero-order chi connectivity index (χ0) is 17.2. The van der Waals surface area contributed by atoms with Crippen molar-refractivity contribution in [3.8, 4) is 0 Å². The summed E-state index contributed by atoms with van der Waals surface area (Å²) in [5.74, 6) is 1.68. The van der Waals surface area contributed by atoms with Crippen LogP contribution < -0.4 is 4.90 Å². The summed E-state index contributed by atoms with van der Waals surface area (Å²) < 4.78 is 0.988. The van der Waals surface area contributed by atoms with Crippen LogP contribution in [0, 0.1) is 0 Å². The molecule has 1 fully saturated rings. The molecule has 0 saturated carbocycles. The first-order chi connectivity index (χ1) is 12.2. The number of aromatic nitrogens is 1. The summed E-state index contributed by atoms with van der Waals surface area (Å²) in [5, 5.41) is 0. The van der Waals surface area contributed by atoms with E-state index in [0.29, 0.717) is 18.2 Å². The van der Waals surface area contributed by atoms with E-state index in [4.69, 9.17) is 0 Å². The number of fused-ring (bicyclic) bond motifs is 1. The van der Waals surface area contributed by atoms with Crippen molar-refractivity contribution in [1.82, 2.24) is 9.88 Å². The van der Waals surface area contributed by atoms with Crippen molar-refractivity contribution >= 4 is 27.7 Å². The van der Waals surface area contributed by atoms with Crippen LogP contribution in [-0.2, 0) is 11.2 Å². The molecule has 5 heteroatoms. The number of amides is 1. The molecule has 1 saturated heterocycles. The molecule has 1 aromatic carbocycles. The molecule has 1 amide bonds. The average molecular weight is 400 g/mol. The largest absolute Gasteiger partial charge is 0.353 e. The van der Waals surface area contributed by atoms with Gasteiger partial charge in [0.15, 0.2) is 0 Å². The predicted molar refractivity (Wildman–Crippen MR) is 103 cm³/mol. The molecule has 2 heterocycles. The van der Waals surface area contributed by atoms with Crippen LogP contribution in [0.2, 0.25) is 0 Å². The van der Waals surface area contributed by atoms with Gasteiger partial charge in [0.1, 0.15) is 5.82 Å². The molecule has 2 aromatic rings. The Bertz CT molecular complexity index is 754. The maximum Gasteiger partial charge on any atom is 0.223 e. The number of nitrogens with zero attached hydrogens (tertiary/aromatic N) is 3. The van der Waals surface area contributed by atoms with Crippen molar-refractivity contribution in [2.45, 2.75) is 25.2 Å². The van der Waals surface area contributed by atoms with Gasteiger partial charge in [0, 0.05) is 43.3 Å². The maximum atomic E-state index is 12.7. The van der Waals surface area contributed by atoms with E-state index < -0.39 is 0 Å². The Hall–Kier alpha value is -1.88. The first-order valence-electron chi connectivity index (χ1n) is 8.93. The molecular formula is C20H22BrN3O. The molecule has 1 atom stereocenters. The van der Waals surface area contributed by atoms with Gasteiger partial charge in [0.05, 0.1) is 0 Å². The molecule has 1 aromatic heterocycles. The predicted octanol–water partition coefficient (Wildman–Crippen LogP) is 3.61. The van der Waals surface area contributed by atoms with Crippen molar-refractivity contribution in [1.29, 1.82) is 0 Å². The van der Waals surface area contributed by atoms with Gasteiger partial charge in [0.25, 0.3) is 0 Å². The molecule has 4 rings (SSSR count). The van der Waals surface area contributed by atoms with Crippen molar-refractivity contribution in [3.63, 3.8) is 0 Å². The Balaban J connectivity index is 1.33. The van der Waals surface area contributed by atoms with Gasteiger partial charge in [-0.15, -0.1) is 0 Å². The van der Waals surface area contributed by atoms with Crippen LogP contribution in [0.15, 0.2) is 47.1 Å². The maximum absolute atomic E-state index is 12.7. The van der Waals surface area contributed by atoms with E-state index in [9.17, 15) is 4.79 Å². The lowest BCUT2D eigenvalue weighted by atomic mass is 9.97. The first kappa shape index (κ1) is 16.6. The van der Waals surface area contributed by atoms with Crippen molar-refractivity contribution in [2.75, 3.05) is 31.1 Å². The molecular weight excluding hydrogens is 378 g/mol. The third-order valence-corrected chi connectivity index (χ3v) is 5.82. The number of pyridine rings is 1. The summed E-state index contributed by atoms with van der Waals surface area (Å²) in [7, 11) is 0. The molecule has 130 valence electrons. The van der Waals surface area contributed by atoms with E-state index >= 15 is 0 Å². The molecule has 0 N–H and O–H groups in total. The average Bonchev–Trinajstić information content (AvgIpc) is 3.06. The minimum Gasteiger partial charge on any atom is -0.353 e. The third-order valence-electron chi connectivity index (χ3n) is 5.35. The highest BCUT2D eigenvalue weighted by Gasteiger charge is 2.28. The second-order valence-electron chi connectivity index (χ2n) is 6.84. The van der Waals surface area contributed by atoms with E-state index in [1.54, 1.807) is 0 Å². The Morgan fingerprint density at radius 3 is 2.68 bits per heavy atom. The fraction of sp³-hybridized carbons (Fsp3) is 0.400. The SMILES string of the molecule is O=C(CC1CCc2ccccc21)N1CCN(c2ccc(Br)cn2)CC1. The lowest BCUT2D eigenvalue weighted by Gasteiger charge is -2.36. The lowest BCUT2D eigenvalue weighted by molar-refractivity contribution is -0.131. The van der Waals surface area contributed by atoms with Gasteiger partial charge in [-0.1, -0.05) is 24.3 Å². The Morgan fingerprint density at radius 2 is 1.92 bits per heavy atom. The molecule has 4 nitrogen and oxygen atoms in total. The molecule has 25 heavy (non-hydrogen) atoms. The zero-order valence-electron chi connectivity index (χ0n) is 14.2. The minimum absolute atomic E-state index is 0.296. The van der Waals surface area contributed by atoms with E-state index in [1.807, 2.05) is 23.2 Å². The highest BCUT2D eigenvalue weighted by Crippen LogP contribution is 2.35. The smallest absolute Gasteiger partial charge is 0.223 e. The number of halogens is 1. The van der Waals surface area contributed by atoms with Gasteiger partial charge in [-0.3, -0.25) is 4.79 Å². The zero-order valence-corrected chi connectivity index (χ0v) is 15.8. The van der Waals surface area contributed by atoms with Gasteiger partial charge < -0.3 is 9.80 Å². The van der Waals surface area contributed by atoms with Crippen LogP contribution in [0.4, 0.5) is 5.82 Å². The summed E-state index contributed by atoms with van der Waals surface area (Å²) in [4.78, 5) is 21.5. The highest BCUT2D eigenvalue weighted by molar-refractivity contribution is 9.10. The van der Waals surface area contributed by atoms with Gasteiger partial charge >= 0.3 is 0 Å². The molecule has 1 aliphatic carbocycles. The number of hydrogen-bond acceptors (Lipinski definition) is 3. The normalized spacial score (nSPS) is 19.8. The summed E-state index contributed by atoms with van der Waals surface area (Å²) in [5.41, 5.74) is 2.81. The van der Waals surface area contributed by atoms with Crippen LogP contribution in [0.3, 0.4) is 0 Å². The molecule has 0 bridgehead atoms. The first-order valence-corrected chi connectivity index (χ1v) is 9.72. The van der Waals surface area contributed by atoms with E-state index in [1.165, 1.54) is 11.1 Å². The highest BCUT2D eigenvalue weighted by atomic mass is 79.9. The summed E-state index contributed by atoms with van der Waals surface area (Å²) in [6, 6.07) is 12.6. The third kappa shape index (κ3) is 3.56. The number of carbonyl (C=O) groups is 1. The molecule has 0 spiro atoms. The van der Waals surface area contributed by atoms with Crippen LogP contribution in [0.1, 0.15) is 29.9 Å². The number of carbonyl (C=O) groups excluding carboxylic acids is 1. The van der Waals surface area contributed by atoms with Gasteiger partial charge in [-0.2, -0.15) is 0 Å². The molecule has 2 aliphatic rings. The Kier molecular flexibility index (Phi) is 4.75. The standard InChI is InChI=1S/C20H22BrN3O/c21-17-7-8-19(22-14-17)23-9-11-24(12-10-23)20(25)13-16-6-5-15-3-1-2-4-18(15)16/h1-4,7-8,14,16H,5-6,9-13H2. The van der Waals surface area contributed by atoms with Crippen LogP contribution in [-0.4, -0.2) is 42.0 Å². The fourth-order valence-corrected chi connectivity index (χ4v) is 4.17. The number of hydrogen-bond donors (Lipinski definition) is 0.